The topological polar surface area (TPSA) is 58.1 Å². The number of likely N-dealkylation sites (tertiary alicyclic amines) is 1. The monoisotopic (exact) mass is 525 g/mol. The molecule has 0 spiro atoms. The third-order valence-electron chi connectivity index (χ3n) is 7.24. The fraction of sp³-hybridized carbons (Fsp3) is 0.440. The van der Waals surface area contributed by atoms with Gasteiger partial charge in [0.15, 0.2) is 0 Å². The number of rotatable bonds is 7. The minimum Gasteiger partial charge on any atom is -0.302 e. The van der Waals surface area contributed by atoms with E-state index in [1.807, 2.05) is 18.4 Å². The van der Waals surface area contributed by atoms with Gasteiger partial charge in [-0.15, -0.1) is 23.7 Å². The van der Waals surface area contributed by atoms with Crippen molar-refractivity contribution in [3.05, 3.63) is 79.4 Å². The lowest BCUT2D eigenvalue weighted by Crippen LogP contribution is -2.31. The van der Waals surface area contributed by atoms with Crippen LogP contribution in [0.15, 0.2) is 51.5 Å². The standard InChI is InChI=1S/C25H26F3N3O2S.ClH/c1-16-8-11-34-21(16)20-14-31(23(33)29-22(20)32)10-3-2-9-30-13-19-12-24(19,15-30)17-4-6-18(7-5-17)25(26,27)28;/h4-8,11,14,19H,2-3,9-10,12-13,15H2,1H3,(H,29,32,33);1H/t19-,24+;/m0./s1. The number of piperidine rings is 1. The molecule has 1 aliphatic carbocycles. The zero-order valence-corrected chi connectivity index (χ0v) is 20.9. The number of hydrogen-bond donors (Lipinski definition) is 1. The van der Waals surface area contributed by atoms with Crippen molar-refractivity contribution in [1.29, 1.82) is 0 Å². The van der Waals surface area contributed by atoms with Gasteiger partial charge in [-0.3, -0.25) is 14.3 Å². The van der Waals surface area contributed by atoms with E-state index in [9.17, 15) is 22.8 Å². The van der Waals surface area contributed by atoms with Gasteiger partial charge in [0.2, 0.25) is 0 Å². The van der Waals surface area contributed by atoms with E-state index in [1.165, 1.54) is 23.5 Å². The van der Waals surface area contributed by atoms with Crippen LogP contribution in [-0.4, -0.2) is 34.1 Å². The minimum absolute atomic E-state index is 0. The van der Waals surface area contributed by atoms with Gasteiger partial charge in [0, 0.05) is 36.1 Å². The van der Waals surface area contributed by atoms with E-state index in [-0.39, 0.29) is 23.4 Å². The van der Waals surface area contributed by atoms with Gasteiger partial charge in [-0.1, -0.05) is 12.1 Å². The van der Waals surface area contributed by atoms with Crippen molar-refractivity contribution >= 4 is 23.7 Å². The number of thiophene rings is 1. The van der Waals surface area contributed by atoms with Gasteiger partial charge in [-0.2, -0.15) is 13.2 Å². The zero-order valence-electron chi connectivity index (χ0n) is 19.2. The number of benzene rings is 1. The fourth-order valence-electron chi connectivity index (χ4n) is 5.30. The van der Waals surface area contributed by atoms with Crippen LogP contribution in [0.5, 0.6) is 0 Å². The summed E-state index contributed by atoms with van der Waals surface area (Å²) in [5.41, 5.74) is 1.16. The highest BCUT2D eigenvalue weighted by molar-refractivity contribution is 7.13. The Morgan fingerprint density at radius 3 is 2.49 bits per heavy atom. The average molecular weight is 526 g/mol. The molecule has 1 N–H and O–H groups in total. The van der Waals surface area contributed by atoms with Crippen LogP contribution < -0.4 is 11.2 Å². The van der Waals surface area contributed by atoms with Crippen LogP contribution >= 0.6 is 23.7 Å². The van der Waals surface area contributed by atoms with Crippen LogP contribution in [0.3, 0.4) is 0 Å². The van der Waals surface area contributed by atoms with E-state index in [2.05, 4.69) is 9.88 Å². The molecule has 2 aromatic heterocycles. The summed E-state index contributed by atoms with van der Waals surface area (Å²) in [5.74, 6) is 0.502. The summed E-state index contributed by atoms with van der Waals surface area (Å²) in [6.45, 7) is 5.17. The number of alkyl halides is 3. The van der Waals surface area contributed by atoms with Crippen LogP contribution in [0, 0.1) is 12.8 Å². The number of H-pyrrole nitrogens is 1. The van der Waals surface area contributed by atoms with E-state index in [4.69, 9.17) is 0 Å². The molecular weight excluding hydrogens is 499 g/mol. The Morgan fingerprint density at radius 1 is 1.11 bits per heavy atom. The molecule has 35 heavy (non-hydrogen) atoms. The number of halogens is 4. The van der Waals surface area contributed by atoms with Crippen molar-refractivity contribution in [1.82, 2.24) is 14.5 Å². The van der Waals surface area contributed by atoms with Crippen LogP contribution in [0.1, 0.15) is 36.0 Å². The first-order valence-corrected chi connectivity index (χ1v) is 12.3. The minimum atomic E-state index is -4.31. The molecule has 0 amide bonds. The highest BCUT2D eigenvalue weighted by atomic mass is 35.5. The summed E-state index contributed by atoms with van der Waals surface area (Å²) in [7, 11) is 0. The number of hydrogen-bond acceptors (Lipinski definition) is 4. The maximum atomic E-state index is 12.9. The molecule has 1 saturated carbocycles. The Hall–Kier alpha value is -2.36. The summed E-state index contributed by atoms with van der Waals surface area (Å²) in [5, 5.41) is 1.93. The van der Waals surface area contributed by atoms with Crippen molar-refractivity contribution in [3.63, 3.8) is 0 Å². The molecule has 1 saturated heterocycles. The van der Waals surface area contributed by atoms with Crippen molar-refractivity contribution in [2.75, 3.05) is 19.6 Å². The highest BCUT2D eigenvalue weighted by Crippen LogP contribution is 2.59. The number of aromatic amines is 1. The molecule has 5 rings (SSSR count). The molecule has 5 nitrogen and oxygen atoms in total. The van der Waals surface area contributed by atoms with Gasteiger partial charge >= 0.3 is 11.9 Å². The van der Waals surface area contributed by atoms with E-state index >= 15 is 0 Å². The van der Waals surface area contributed by atoms with Crippen LogP contribution in [0.25, 0.3) is 10.4 Å². The third-order valence-corrected chi connectivity index (χ3v) is 8.29. The molecule has 188 valence electrons. The molecule has 2 fully saturated rings. The Balaban J connectivity index is 0.00000289. The smallest absolute Gasteiger partial charge is 0.302 e. The molecule has 3 aromatic rings. The summed E-state index contributed by atoms with van der Waals surface area (Å²) in [6.07, 6.45) is 0.0765. The highest BCUT2D eigenvalue weighted by Gasteiger charge is 2.60. The molecule has 0 radical (unpaired) electrons. The van der Waals surface area contributed by atoms with Gasteiger partial charge in [0.25, 0.3) is 5.56 Å². The van der Waals surface area contributed by atoms with E-state index in [0.29, 0.717) is 18.0 Å². The summed E-state index contributed by atoms with van der Waals surface area (Å²) in [4.78, 5) is 30.2. The fourth-order valence-corrected chi connectivity index (χ4v) is 6.23. The Morgan fingerprint density at radius 2 is 1.83 bits per heavy atom. The summed E-state index contributed by atoms with van der Waals surface area (Å²) >= 11 is 1.48. The average Bonchev–Trinajstić information content (AvgIpc) is 3.10. The maximum Gasteiger partial charge on any atom is 0.416 e. The van der Waals surface area contributed by atoms with Gasteiger partial charge in [-0.05, 0) is 73.4 Å². The zero-order chi connectivity index (χ0) is 24.1. The lowest BCUT2D eigenvalue weighted by atomic mass is 9.94. The van der Waals surface area contributed by atoms with Crippen molar-refractivity contribution < 1.29 is 13.2 Å². The van der Waals surface area contributed by atoms with Crippen LogP contribution in [-0.2, 0) is 18.1 Å². The Labute approximate surface area is 211 Å². The molecule has 0 bridgehead atoms. The van der Waals surface area contributed by atoms with Crippen molar-refractivity contribution in [2.24, 2.45) is 5.92 Å². The summed E-state index contributed by atoms with van der Waals surface area (Å²) in [6, 6.07) is 7.61. The van der Waals surface area contributed by atoms with E-state index in [1.54, 1.807) is 22.9 Å². The Kier molecular flexibility index (Phi) is 7.05. The third kappa shape index (κ3) is 4.99. The molecule has 10 heteroatoms. The molecule has 2 atom stereocenters. The molecule has 1 aromatic carbocycles. The second kappa shape index (κ2) is 9.59. The first-order chi connectivity index (χ1) is 16.2. The lowest BCUT2D eigenvalue weighted by Gasteiger charge is -2.21. The second-order valence-corrected chi connectivity index (χ2v) is 10.4. The van der Waals surface area contributed by atoms with E-state index < -0.39 is 17.4 Å². The number of aromatic nitrogens is 2. The van der Waals surface area contributed by atoms with Gasteiger partial charge in [0.1, 0.15) is 0 Å². The SMILES string of the molecule is Cc1ccsc1-c1cn(CCCCN2C[C@@H]3C[C@]3(c3ccc(C(F)(F)F)cc3)C2)c(=O)[nH]c1=O.Cl. The predicted molar refractivity (Wildman–Crippen MR) is 134 cm³/mol. The number of fused-ring (bicyclic) bond motifs is 1. The summed E-state index contributed by atoms with van der Waals surface area (Å²) < 4.78 is 40.2. The molecule has 1 aliphatic heterocycles. The first kappa shape index (κ1) is 25.7. The van der Waals surface area contributed by atoms with Crippen LogP contribution in [0.4, 0.5) is 13.2 Å². The number of unbranched alkanes of at least 4 members (excludes halogenated alkanes) is 1. The largest absolute Gasteiger partial charge is 0.416 e. The lowest BCUT2D eigenvalue weighted by molar-refractivity contribution is -0.137. The predicted octanol–water partition coefficient (Wildman–Crippen LogP) is 5.07. The molecule has 2 aliphatic rings. The molecule has 0 unspecified atom stereocenters. The maximum absolute atomic E-state index is 12.9. The van der Waals surface area contributed by atoms with Crippen molar-refractivity contribution in [3.8, 4) is 10.4 Å². The number of nitrogens with one attached hydrogen (secondary N) is 1. The van der Waals surface area contributed by atoms with Gasteiger partial charge < -0.3 is 4.90 Å². The molecule has 3 heterocycles. The second-order valence-electron chi connectivity index (χ2n) is 9.50. The van der Waals surface area contributed by atoms with Gasteiger partial charge in [-0.25, -0.2) is 4.79 Å². The van der Waals surface area contributed by atoms with Crippen molar-refractivity contribution in [2.45, 2.75) is 44.3 Å². The Bertz CT molecular complexity index is 1310. The normalized spacial score (nSPS) is 21.5. The number of aryl methyl sites for hydroxylation is 2. The number of nitrogens with zero attached hydrogens (tertiary/aromatic N) is 2. The first-order valence-electron chi connectivity index (χ1n) is 11.5. The molecular formula is C25H27ClF3N3O2S. The van der Waals surface area contributed by atoms with E-state index in [0.717, 1.165) is 54.9 Å². The van der Waals surface area contributed by atoms with Crippen LogP contribution in [0.2, 0.25) is 0 Å². The van der Waals surface area contributed by atoms with Gasteiger partial charge in [0.05, 0.1) is 11.1 Å². The quantitative estimate of drug-likeness (QED) is 0.438.